The summed E-state index contributed by atoms with van der Waals surface area (Å²) in [5.41, 5.74) is 1.38. The Morgan fingerprint density at radius 3 is 2.77 bits per heavy atom. The fourth-order valence-electron chi connectivity index (χ4n) is 2.71. The van der Waals surface area contributed by atoms with E-state index in [-0.39, 0.29) is 17.8 Å². The van der Waals surface area contributed by atoms with Crippen LogP contribution in [0.2, 0.25) is 0 Å². The summed E-state index contributed by atoms with van der Waals surface area (Å²) in [6.07, 6.45) is -0.305. The molecule has 1 amide bonds. The van der Waals surface area contributed by atoms with Crippen LogP contribution in [0.4, 0.5) is 5.00 Å². The van der Waals surface area contributed by atoms with Crippen molar-refractivity contribution in [2.24, 2.45) is 7.05 Å². The van der Waals surface area contributed by atoms with Crippen LogP contribution in [0.25, 0.3) is 0 Å². The van der Waals surface area contributed by atoms with Crippen molar-refractivity contribution in [2.75, 3.05) is 18.2 Å². The van der Waals surface area contributed by atoms with Gasteiger partial charge >= 0.3 is 5.97 Å². The Balaban J connectivity index is 1.60. The summed E-state index contributed by atoms with van der Waals surface area (Å²) in [5.74, 6) is 0.838. The molecule has 3 rings (SSSR count). The number of para-hydroxylation sites is 1. The summed E-state index contributed by atoms with van der Waals surface area (Å²) in [5, 5.41) is 13.9. The topological polar surface area (TPSA) is 95.3 Å². The number of aromatic nitrogens is 3. The van der Waals surface area contributed by atoms with Gasteiger partial charge in [-0.15, -0.1) is 21.5 Å². The van der Waals surface area contributed by atoms with E-state index in [1.54, 1.807) is 11.4 Å². The predicted octanol–water partition coefficient (Wildman–Crippen LogP) is 3.84. The number of esters is 1. The summed E-state index contributed by atoms with van der Waals surface area (Å²) < 4.78 is 12.5. The van der Waals surface area contributed by atoms with Crippen molar-refractivity contribution in [3.05, 3.63) is 52.7 Å². The van der Waals surface area contributed by atoms with Crippen LogP contribution in [0, 0.1) is 6.92 Å². The fraction of sp³-hybridized carbons (Fsp3) is 0.300. The summed E-state index contributed by atoms with van der Waals surface area (Å²) in [7, 11) is 3.14. The number of hydrogen-bond donors (Lipinski definition) is 1. The van der Waals surface area contributed by atoms with Gasteiger partial charge in [0, 0.05) is 7.05 Å². The second-order valence-electron chi connectivity index (χ2n) is 6.42. The molecule has 1 aromatic carbocycles. The van der Waals surface area contributed by atoms with E-state index in [0.717, 1.165) is 11.3 Å². The lowest BCUT2D eigenvalue weighted by molar-refractivity contribution is -0.113. The molecule has 0 radical (unpaired) electrons. The van der Waals surface area contributed by atoms with E-state index in [0.29, 0.717) is 21.5 Å². The molecule has 10 heteroatoms. The average molecular weight is 447 g/mol. The predicted molar refractivity (Wildman–Crippen MR) is 116 cm³/mol. The zero-order valence-corrected chi connectivity index (χ0v) is 18.7. The first-order chi connectivity index (χ1) is 14.4. The summed E-state index contributed by atoms with van der Waals surface area (Å²) >= 11 is 2.52. The molecule has 0 aliphatic heterocycles. The molecule has 8 nitrogen and oxygen atoms in total. The quantitative estimate of drug-likeness (QED) is 0.415. The smallest absolute Gasteiger partial charge is 0.340 e. The number of thioether (sulfide) groups is 1. The number of thiophene rings is 1. The lowest BCUT2D eigenvalue weighted by atomic mass is 10.2. The molecule has 0 spiro atoms. The van der Waals surface area contributed by atoms with Crippen molar-refractivity contribution in [1.82, 2.24) is 14.8 Å². The van der Waals surface area contributed by atoms with Crippen molar-refractivity contribution < 1.29 is 19.1 Å². The number of aryl methyl sites for hydroxylation is 1. The monoisotopic (exact) mass is 446 g/mol. The van der Waals surface area contributed by atoms with Crippen LogP contribution in [-0.2, 0) is 16.6 Å². The van der Waals surface area contributed by atoms with E-state index >= 15 is 0 Å². The molecule has 0 fully saturated rings. The van der Waals surface area contributed by atoms with E-state index < -0.39 is 5.97 Å². The van der Waals surface area contributed by atoms with E-state index in [1.807, 2.05) is 49.7 Å². The number of hydrogen-bond acceptors (Lipinski definition) is 8. The molecule has 2 heterocycles. The maximum absolute atomic E-state index is 12.3. The number of amides is 1. The molecule has 3 aromatic rings. The first kappa shape index (κ1) is 21.8. The first-order valence-electron chi connectivity index (χ1n) is 9.10. The normalized spacial score (nSPS) is 11.7. The molecule has 158 valence electrons. The Morgan fingerprint density at radius 2 is 2.03 bits per heavy atom. The fourth-order valence-corrected chi connectivity index (χ4v) is 4.22. The van der Waals surface area contributed by atoms with Gasteiger partial charge in [0.2, 0.25) is 5.91 Å². The summed E-state index contributed by atoms with van der Waals surface area (Å²) in [6, 6.07) is 9.39. The number of benzene rings is 1. The van der Waals surface area contributed by atoms with Crippen molar-refractivity contribution in [1.29, 1.82) is 0 Å². The van der Waals surface area contributed by atoms with Crippen molar-refractivity contribution >= 4 is 40.0 Å². The van der Waals surface area contributed by atoms with Gasteiger partial charge in [-0.2, -0.15) is 0 Å². The van der Waals surface area contributed by atoms with E-state index in [9.17, 15) is 9.59 Å². The van der Waals surface area contributed by atoms with Gasteiger partial charge in [-0.1, -0.05) is 30.0 Å². The largest absolute Gasteiger partial charge is 0.482 e. The SMILES string of the molecule is COC(=O)c1ccsc1NC(=O)CSc1nnc(C(C)Oc2ccccc2C)n1C. The molecule has 0 aliphatic carbocycles. The maximum atomic E-state index is 12.3. The Bertz CT molecular complexity index is 1050. The second-order valence-corrected chi connectivity index (χ2v) is 8.28. The number of methoxy groups -OCH3 is 1. The molecule has 0 aliphatic rings. The second kappa shape index (κ2) is 9.77. The number of carbonyl (C=O) groups is 2. The van der Waals surface area contributed by atoms with Gasteiger partial charge in [-0.05, 0) is 36.9 Å². The lowest BCUT2D eigenvalue weighted by Crippen LogP contribution is -2.16. The highest BCUT2D eigenvalue weighted by Gasteiger charge is 2.20. The number of ether oxygens (including phenoxy) is 2. The molecule has 1 atom stereocenters. The zero-order chi connectivity index (χ0) is 21.7. The van der Waals surface area contributed by atoms with E-state index in [1.165, 1.54) is 30.2 Å². The zero-order valence-electron chi connectivity index (χ0n) is 17.0. The molecule has 2 aromatic heterocycles. The van der Waals surface area contributed by atoms with Gasteiger partial charge in [0.15, 0.2) is 17.1 Å². The van der Waals surface area contributed by atoms with Gasteiger partial charge in [-0.25, -0.2) is 4.79 Å². The van der Waals surface area contributed by atoms with Crippen LogP contribution in [0.1, 0.15) is 34.8 Å². The Kier molecular flexibility index (Phi) is 7.11. The van der Waals surface area contributed by atoms with Crippen molar-refractivity contribution in [2.45, 2.75) is 25.1 Å². The minimum atomic E-state index is -0.486. The molecular formula is C20H22N4O4S2. The van der Waals surface area contributed by atoms with Crippen molar-refractivity contribution in [3.8, 4) is 5.75 Å². The van der Waals surface area contributed by atoms with Gasteiger partial charge < -0.3 is 19.4 Å². The van der Waals surface area contributed by atoms with Gasteiger partial charge in [0.05, 0.1) is 18.4 Å². The molecule has 1 unspecified atom stereocenters. The number of anilines is 1. The molecule has 30 heavy (non-hydrogen) atoms. The number of carbonyl (C=O) groups excluding carboxylic acids is 2. The third kappa shape index (κ3) is 5.00. The van der Waals surface area contributed by atoms with E-state index in [4.69, 9.17) is 9.47 Å². The van der Waals surface area contributed by atoms with Gasteiger partial charge in [0.1, 0.15) is 10.8 Å². The van der Waals surface area contributed by atoms with Crippen LogP contribution in [0.5, 0.6) is 5.75 Å². The Labute approximate surface area is 182 Å². The third-order valence-corrected chi connectivity index (χ3v) is 6.14. The summed E-state index contributed by atoms with van der Waals surface area (Å²) in [4.78, 5) is 24.0. The highest BCUT2D eigenvalue weighted by atomic mass is 32.2. The number of nitrogens with one attached hydrogen (secondary N) is 1. The first-order valence-corrected chi connectivity index (χ1v) is 11.0. The molecule has 1 N–H and O–H groups in total. The average Bonchev–Trinajstić information content (AvgIpc) is 3.34. The lowest BCUT2D eigenvalue weighted by Gasteiger charge is -2.15. The number of nitrogens with zero attached hydrogens (tertiary/aromatic N) is 3. The number of rotatable bonds is 8. The molecule has 0 saturated heterocycles. The van der Waals surface area contributed by atoms with Crippen molar-refractivity contribution in [3.63, 3.8) is 0 Å². The highest BCUT2D eigenvalue weighted by Crippen LogP contribution is 2.27. The Morgan fingerprint density at radius 1 is 1.27 bits per heavy atom. The van der Waals surface area contributed by atoms with Crippen LogP contribution in [0.15, 0.2) is 40.9 Å². The van der Waals surface area contributed by atoms with Gasteiger partial charge in [0.25, 0.3) is 0 Å². The van der Waals surface area contributed by atoms with Crippen LogP contribution >= 0.6 is 23.1 Å². The standard InChI is InChI=1S/C20H22N4O4S2/c1-12-7-5-6-8-15(12)28-13(2)17-22-23-20(24(17)3)30-11-16(25)21-18-14(9-10-29-18)19(26)27-4/h5-10,13H,11H2,1-4H3,(H,21,25). The molecule has 0 saturated carbocycles. The minimum Gasteiger partial charge on any atom is -0.482 e. The minimum absolute atomic E-state index is 0.123. The van der Waals surface area contributed by atoms with Crippen LogP contribution in [-0.4, -0.2) is 39.5 Å². The summed E-state index contributed by atoms with van der Waals surface area (Å²) in [6.45, 7) is 3.89. The van der Waals surface area contributed by atoms with Gasteiger partial charge in [-0.3, -0.25) is 4.79 Å². The molecular weight excluding hydrogens is 424 g/mol. The van der Waals surface area contributed by atoms with E-state index in [2.05, 4.69) is 15.5 Å². The third-order valence-electron chi connectivity index (χ3n) is 4.29. The van der Waals surface area contributed by atoms with Crippen LogP contribution < -0.4 is 10.1 Å². The molecule has 0 bridgehead atoms. The highest BCUT2D eigenvalue weighted by molar-refractivity contribution is 7.99. The Hall–Kier alpha value is -2.85. The maximum Gasteiger partial charge on any atom is 0.340 e. The van der Waals surface area contributed by atoms with Crippen LogP contribution in [0.3, 0.4) is 0 Å².